The highest BCUT2D eigenvalue weighted by Gasteiger charge is 2.19. The zero-order valence-corrected chi connectivity index (χ0v) is 11.2. The Balaban J connectivity index is 2.34. The van der Waals surface area contributed by atoms with Crippen LogP contribution in [0.25, 0.3) is 11.5 Å². The van der Waals surface area contributed by atoms with E-state index in [2.05, 4.69) is 31.1 Å². The Morgan fingerprint density at radius 1 is 1.41 bits per heavy atom. The highest BCUT2D eigenvalue weighted by atomic mass is 79.9. The molecule has 0 aliphatic rings. The molecule has 17 heavy (non-hydrogen) atoms. The molecule has 0 fully saturated rings. The van der Waals surface area contributed by atoms with Crippen molar-refractivity contribution in [1.29, 1.82) is 0 Å². The molecule has 2 aromatic rings. The lowest BCUT2D eigenvalue weighted by Gasteiger charge is -2.09. The Labute approximate surface area is 108 Å². The fraction of sp³-hybridized carbons (Fsp3) is 0.364. The Morgan fingerprint density at radius 2 is 2.18 bits per heavy atom. The first-order valence-corrected chi connectivity index (χ1v) is 6.09. The van der Waals surface area contributed by atoms with Crippen LogP contribution in [-0.2, 0) is 0 Å². The van der Waals surface area contributed by atoms with E-state index in [1.165, 1.54) is 0 Å². The standard InChI is InChI=1S/C11H13BrN4O/c1-6(7(2)13)11-15-10(16-17-11)9-8(12)4-3-5-14-9/h3-7H,13H2,1-2H3. The summed E-state index contributed by atoms with van der Waals surface area (Å²) in [5.74, 6) is 1.03. The molecule has 2 atom stereocenters. The van der Waals surface area contributed by atoms with E-state index in [-0.39, 0.29) is 12.0 Å². The van der Waals surface area contributed by atoms with Gasteiger partial charge in [-0.15, -0.1) is 0 Å². The van der Waals surface area contributed by atoms with Gasteiger partial charge in [0.25, 0.3) is 0 Å². The van der Waals surface area contributed by atoms with Crippen molar-refractivity contribution in [2.24, 2.45) is 5.73 Å². The SMILES string of the molecule is CC(N)C(C)c1nc(-c2ncccc2Br)no1. The van der Waals surface area contributed by atoms with Gasteiger partial charge >= 0.3 is 0 Å². The Hall–Kier alpha value is -1.27. The Kier molecular flexibility index (Phi) is 3.54. The molecule has 2 heterocycles. The van der Waals surface area contributed by atoms with Gasteiger partial charge in [0.2, 0.25) is 11.7 Å². The summed E-state index contributed by atoms with van der Waals surface area (Å²) >= 11 is 3.40. The molecule has 2 unspecified atom stereocenters. The van der Waals surface area contributed by atoms with Gasteiger partial charge in [-0.1, -0.05) is 12.1 Å². The summed E-state index contributed by atoms with van der Waals surface area (Å²) in [6, 6.07) is 3.68. The first-order chi connectivity index (χ1) is 8.09. The Bertz CT molecular complexity index is 512. The molecule has 0 aliphatic carbocycles. The molecule has 0 bridgehead atoms. The van der Waals surface area contributed by atoms with Gasteiger partial charge in [-0.25, -0.2) is 0 Å². The van der Waals surface area contributed by atoms with E-state index in [9.17, 15) is 0 Å². The van der Waals surface area contributed by atoms with Crippen LogP contribution in [0.1, 0.15) is 25.7 Å². The molecule has 6 heteroatoms. The fourth-order valence-electron chi connectivity index (χ4n) is 1.29. The third-order valence-corrected chi connectivity index (χ3v) is 3.23. The van der Waals surface area contributed by atoms with Crippen molar-refractivity contribution in [3.63, 3.8) is 0 Å². The minimum Gasteiger partial charge on any atom is -0.339 e. The number of aromatic nitrogens is 3. The first kappa shape index (κ1) is 12.2. The van der Waals surface area contributed by atoms with E-state index in [1.54, 1.807) is 6.20 Å². The smallest absolute Gasteiger partial charge is 0.231 e. The molecule has 0 saturated heterocycles. The third-order valence-electron chi connectivity index (χ3n) is 2.59. The summed E-state index contributed by atoms with van der Waals surface area (Å²) in [7, 11) is 0. The van der Waals surface area contributed by atoms with Crippen LogP contribution in [0, 0.1) is 0 Å². The predicted octanol–water partition coefficient (Wildman–Crippen LogP) is 2.34. The molecule has 0 amide bonds. The van der Waals surface area contributed by atoms with Gasteiger partial charge in [-0.2, -0.15) is 4.98 Å². The van der Waals surface area contributed by atoms with Gasteiger partial charge in [-0.05, 0) is 35.0 Å². The molecule has 0 radical (unpaired) electrons. The van der Waals surface area contributed by atoms with Crippen LogP contribution in [0.4, 0.5) is 0 Å². The van der Waals surface area contributed by atoms with Crippen molar-refractivity contribution in [3.8, 4) is 11.5 Å². The lowest BCUT2D eigenvalue weighted by molar-refractivity contribution is 0.346. The van der Waals surface area contributed by atoms with E-state index >= 15 is 0 Å². The number of halogens is 1. The highest BCUT2D eigenvalue weighted by Crippen LogP contribution is 2.25. The molecular formula is C11H13BrN4O. The molecule has 5 nitrogen and oxygen atoms in total. The molecular weight excluding hydrogens is 284 g/mol. The average Bonchev–Trinajstić information content (AvgIpc) is 2.77. The van der Waals surface area contributed by atoms with Crippen molar-refractivity contribution >= 4 is 15.9 Å². The summed E-state index contributed by atoms with van der Waals surface area (Å²) in [4.78, 5) is 8.52. The van der Waals surface area contributed by atoms with Crippen LogP contribution in [0.15, 0.2) is 27.3 Å². The first-order valence-electron chi connectivity index (χ1n) is 5.29. The molecule has 0 aliphatic heterocycles. The van der Waals surface area contributed by atoms with Crippen LogP contribution in [0.3, 0.4) is 0 Å². The van der Waals surface area contributed by atoms with E-state index < -0.39 is 0 Å². The maximum Gasteiger partial charge on any atom is 0.231 e. The average molecular weight is 297 g/mol. The highest BCUT2D eigenvalue weighted by molar-refractivity contribution is 9.10. The molecule has 2 N–H and O–H groups in total. The lowest BCUT2D eigenvalue weighted by atomic mass is 10.1. The molecule has 0 aromatic carbocycles. The van der Waals surface area contributed by atoms with Crippen LogP contribution in [0.2, 0.25) is 0 Å². The lowest BCUT2D eigenvalue weighted by Crippen LogP contribution is -2.22. The monoisotopic (exact) mass is 296 g/mol. The quantitative estimate of drug-likeness (QED) is 0.940. The molecule has 0 spiro atoms. The third kappa shape index (κ3) is 2.53. The normalized spacial score (nSPS) is 14.6. The van der Waals surface area contributed by atoms with E-state index in [0.717, 1.165) is 4.47 Å². The number of nitrogens with two attached hydrogens (primary N) is 1. The van der Waals surface area contributed by atoms with Gasteiger partial charge in [0.05, 0.1) is 5.92 Å². The minimum absolute atomic E-state index is 0.0266. The van der Waals surface area contributed by atoms with Crippen molar-refractivity contribution in [3.05, 3.63) is 28.7 Å². The van der Waals surface area contributed by atoms with Crippen LogP contribution in [0.5, 0.6) is 0 Å². The summed E-state index contributed by atoms with van der Waals surface area (Å²) in [6.07, 6.45) is 1.69. The van der Waals surface area contributed by atoms with Crippen molar-refractivity contribution in [1.82, 2.24) is 15.1 Å². The largest absolute Gasteiger partial charge is 0.339 e. The second kappa shape index (κ2) is 4.93. The number of pyridine rings is 1. The fourth-order valence-corrected chi connectivity index (χ4v) is 1.72. The van der Waals surface area contributed by atoms with E-state index in [4.69, 9.17) is 10.3 Å². The number of hydrogen-bond donors (Lipinski definition) is 1. The van der Waals surface area contributed by atoms with Gasteiger partial charge in [0.15, 0.2) is 0 Å². The van der Waals surface area contributed by atoms with E-state index in [0.29, 0.717) is 17.4 Å². The van der Waals surface area contributed by atoms with E-state index in [1.807, 2.05) is 26.0 Å². The molecule has 2 rings (SSSR count). The predicted molar refractivity (Wildman–Crippen MR) is 67.3 cm³/mol. The zero-order valence-electron chi connectivity index (χ0n) is 9.59. The summed E-state index contributed by atoms with van der Waals surface area (Å²) in [5, 5.41) is 3.92. The molecule has 0 saturated carbocycles. The number of nitrogens with zero attached hydrogens (tertiary/aromatic N) is 3. The molecule has 2 aromatic heterocycles. The van der Waals surface area contributed by atoms with Crippen LogP contribution < -0.4 is 5.73 Å². The van der Waals surface area contributed by atoms with Gasteiger partial charge in [0, 0.05) is 16.7 Å². The number of rotatable bonds is 3. The van der Waals surface area contributed by atoms with Crippen molar-refractivity contribution < 1.29 is 4.52 Å². The summed E-state index contributed by atoms with van der Waals surface area (Å²) < 4.78 is 6.03. The van der Waals surface area contributed by atoms with Gasteiger partial charge in [0.1, 0.15) is 5.69 Å². The maximum atomic E-state index is 5.79. The van der Waals surface area contributed by atoms with Crippen molar-refractivity contribution in [2.45, 2.75) is 25.8 Å². The van der Waals surface area contributed by atoms with Crippen LogP contribution in [-0.4, -0.2) is 21.2 Å². The van der Waals surface area contributed by atoms with Crippen molar-refractivity contribution in [2.75, 3.05) is 0 Å². The molecule has 90 valence electrons. The maximum absolute atomic E-state index is 5.79. The second-order valence-electron chi connectivity index (χ2n) is 3.94. The van der Waals surface area contributed by atoms with Crippen LogP contribution >= 0.6 is 15.9 Å². The van der Waals surface area contributed by atoms with Gasteiger partial charge < -0.3 is 10.3 Å². The topological polar surface area (TPSA) is 77.8 Å². The zero-order chi connectivity index (χ0) is 12.4. The summed E-state index contributed by atoms with van der Waals surface area (Å²) in [5.41, 5.74) is 6.46. The minimum atomic E-state index is -0.0320. The summed E-state index contributed by atoms with van der Waals surface area (Å²) in [6.45, 7) is 3.86. The van der Waals surface area contributed by atoms with Gasteiger partial charge in [-0.3, -0.25) is 4.98 Å². The second-order valence-corrected chi connectivity index (χ2v) is 4.79. The Morgan fingerprint density at radius 3 is 2.82 bits per heavy atom. The number of hydrogen-bond acceptors (Lipinski definition) is 5.